The number of anilines is 2. The molecule has 0 bridgehead atoms. The van der Waals surface area contributed by atoms with Crippen LogP contribution in [0.1, 0.15) is 19.4 Å². The molecular weight excluding hydrogens is 258 g/mol. The van der Waals surface area contributed by atoms with Crippen molar-refractivity contribution < 1.29 is 10.3 Å². The van der Waals surface area contributed by atoms with Crippen LogP contribution >= 0.6 is 11.6 Å². The van der Waals surface area contributed by atoms with Crippen molar-refractivity contribution in [2.75, 3.05) is 24.2 Å². The predicted octanol–water partition coefficient (Wildman–Crippen LogP) is 0.951. The van der Waals surface area contributed by atoms with Gasteiger partial charge in [-0.05, 0) is 0 Å². The van der Waals surface area contributed by atoms with Gasteiger partial charge in [-0.25, -0.2) is 4.98 Å². The Hall–Kier alpha value is -1.60. The van der Waals surface area contributed by atoms with E-state index in [1.165, 1.54) is 0 Å². The van der Waals surface area contributed by atoms with Crippen LogP contribution in [0.15, 0.2) is 5.16 Å². The average molecular weight is 274 g/mol. The lowest BCUT2D eigenvalue weighted by Gasteiger charge is -2.22. The van der Waals surface area contributed by atoms with Gasteiger partial charge in [0.2, 0.25) is 5.95 Å². The molecule has 0 atom stereocenters. The zero-order valence-corrected chi connectivity index (χ0v) is 10.9. The molecule has 0 aliphatic carbocycles. The summed E-state index contributed by atoms with van der Waals surface area (Å²) in [5.74, 6) is 0.367. The molecule has 0 saturated carbocycles. The molecule has 100 valence electrons. The number of halogens is 1. The Morgan fingerprint density at radius 3 is 2.72 bits per heavy atom. The Labute approximate surface area is 110 Å². The molecular formula is C10H16ClN5O2. The van der Waals surface area contributed by atoms with E-state index in [1.807, 2.05) is 13.8 Å². The lowest BCUT2D eigenvalue weighted by Crippen LogP contribution is -2.27. The number of aromatic nitrogens is 2. The maximum atomic E-state index is 9.16. The molecule has 0 aliphatic rings. The summed E-state index contributed by atoms with van der Waals surface area (Å²) in [5, 5.41) is 23.7. The summed E-state index contributed by atoms with van der Waals surface area (Å²) in [7, 11) is 0. The molecule has 1 aromatic heterocycles. The third kappa shape index (κ3) is 3.71. The third-order valence-corrected chi connectivity index (χ3v) is 2.55. The molecule has 0 unspecified atom stereocenters. The van der Waals surface area contributed by atoms with Crippen LogP contribution in [-0.2, 0) is 0 Å². The molecule has 1 heterocycles. The van der Waals surface area contributed by atoms with Crippen molar-refractivity contribution in [3.05, 3.63) is 10.7 Å². The molecule has 5 N–H and O–H groups in total. The Bertz CT molecular complexity index is 450. The van der Waals surface area contributed by atoms with Crippen LogP contribution in [0.2, 0.25) is 5.15 Å². The summed E-state index contributed by atoms with van der Waals surface area (Å²) in [6, 6.07) is 0. The second kappa shape index (κ2) is 5.83. The van der Waals surface area contributed by atoms with Crippen LogP contribution < -0.4 is 11.1 Å². The minimum atomic E-state index is -0.334. The van der Waals surface area contributed by atoms with E-state index in [-0.39, 0.29) is 23.1 Å². The maximum Gasteiger partial charge on any atom is 0.223 e. The van der Waals surface area contributed by atoms with Gasteiger partial charge >= 0.3 is 0 Å². The molecule has 8 heteroatoms. The highest BCUT2D eigenvalue weighted by molar-refractivity contribution is 6.32. The maximum absolute atomic E-state index is 9.16. The van der Waals surface area contributed by atoms with Crippen molar-refractivity contribution in [1.29, 1.82) is 0 Å². The molecule has 0 amide bonds. The molecule has 0 saturated heterocycles. The van der Waals surface area contributed by atoms with Crippen molar-refractivity contribution >= 4 is 29.6 Å². The van der Waals surface area contributed by atoms with E-state index in [0.717, 1.165) is 6.21 Å². The molecule has 1 aromatic rings. The molecule has 18 heavy (non-hydrogen) atoms. The van der Waals surface area contributed by atoms with E-state index in [0.29, 0.717) is 17.9 Å². The van der Waals surface area contributed by atoms with E-state index in [9.17, 15) is 0 Å². The summed E-state index contributed by atoms with van der Waals surface area (Å²) < 4.78 is 0. The Morgan fingerprint density at radius 1 is 1.50 bits per heavy atom. The first-order chi connectivity index (χ1) is 8.39. The van der Waals surface area contributed by atoms with Gasteiger partial charge in [0, 0.05) is 18.6 Å². The number of hydrogen-bond donors (Lipinski definition) is 4. The lowest BCUT2D eigenvalue weighted by atomic mass is 9.95. The fourth-order valence-corrected chi connectivity index (χ4v) is 1.37. The number of nitrogens with two attached hydrogens (primary N) is 1. The highest BCUT2D eigenvalue weighted by Gasteiger charge is 2.18. The normalized spacial score (nSPS) is 12.0. The van der Waals surface area contributed by atoms with Crippen molar-refractivity contribution in [1.82, 2.24) is 9.97 Å². The van der Waals surface area contributed by atoms with Crippen LogP contribution in [0, 0.1) is 5.41 Å². The lowest BCUT2D eigenvalue weighted by molar-refractivity contribution is 0.170. The van der Waals surface area contributed by atoms with Gasteiger partial charge in [-0.3, -0.25) is 0 Å². The minimum absolute atomic E-state index is 0.0116. The number of nitrogens with one attached hydrogen (secondary N) is 1. The average Bonchev–Trinajstić information content (AvgIpc) is 2.30. The van der Waals surface area contributed by atoms with Gasteiger partial charge in [0.25, 0.3) is 0 Å². The summed E-state index contributed by atoms with van der Waals surface area (Å²) in [6.07, 6.45) is 1.12. The van der Waals surface area contributed by atoms with E-state index in [2.05, 4.69) is 20.4 Å². The first-order valence-corrected chi connectivity index (χ1v) is 5.62. The quantitative estimate of drug-likeness (QED) is 0.275. The molecule has 0 fully saturated rings. The van der Waals surface area contributed by atoms with Gasteiger partial charge in [-0.15, -0.1) is 0 Å². The highest BCUT2D eigenvalue weighted by atomic mass is 35.5. The standard InChI is InChI=1S/C10H16ClN5O2/c1-10(2,5-17)4-13-8-6(3-14-18)7(11)15-9(12)16-8/h3,17-18H,4-5H2,1-2H3,(H3,12,13,15,16)/b14-3+. The van der Waals surface area contributed by atoms with Crippen LogP contribution in [0.25, 0.3) is 0 Å². The fourth-order valence-electron chi connectivity index (χ4n) is 1.14. The van der Waals surface area contributed by atoms with Gasteiger partial charge < -0.3 is 21.4 Å². The zero-order chi connectivity index (χ0) is 13.8. The molecule has 0 aromatic carbocycles. The first-order valence-electron chi connectivity index (χ1n) is 5.25. The van der Waals surface area contributed by atoms with Gasteiger partial charge in [0.05, 0.1) is 11.8 Å². The van der Waals surface area contributed by atoms with Crippen LogP contribution in [0.3, 0.4) is 0 Å². The monoisotopic (exact) mass is 273 g/mol. The Balaban J connectivity index is 3.00. The van der Waals surface area contributed by atoms with Crippen molar-refractivity contribution in [2.45, 2.75) is 13.8 Å². The SMILES string of the molecule is CC(C)(CO)CNc1nc(N)nc(Cl)c1/C=N/O. The van der Waals surface area contributed by atoms with E-state index < -0.39 is 0 Å². The second-order valence-electron chi connectivity index (χ2n) is 4.56. The van der Waals surface area contributed by atoms with Gasteiger partial charge in [-0.1, -0.05) is 30.6 Å². The van der Waals surface area contributed by atoms with Gasteiger partial charge in [0.1, 0.15) is 11.0 Å². The largest absolute Gasteiger partial charge is 0.411 e. The van der Waals surface area contributed by atoms with E-state index in [4.69, 9.17) is 27.6 Å². The summed E-state index contributed by atoms with van der Waals surface area (Å²) in [6.45, 7) is 4.22. The van der Waals surface area contributed by atoms with Crippen molar-refractivity contribution in [3.63, 3.8) is 0 Å². The minimum Gasteiger partial charge on any atom is -0.411 e. The van der Waals surface area contributed by atoms with E-state index >= 15 is 0 Å². The first kappa shape index (κ1) is 14.5. The summed E-state index contributed by atoms with van der Waals surface area (Å²) in [5.41, 5.74) is 5.50. The van der Waals surface area contributed by atoms with Crippen molar-refractivity contribution in [2.24, 2.45) is 10.6 Å². The molecule has 0 aliphatic heterocycles. The summed E-state index contributed by atoms with van der Waals surface area (Å²) >= 11 is 5.87. The number of rotatable bonds is 5. The highest BCUT2D eigenvalue weighted by Crippen LogP contribution is 2.22. The number of nitrogens with zero attached hydrogens (tertiary/aromatic N) is 3. The molecule has 7 nitrogen and oxygen atoms in total. The number of hydrogen-bond acceptors (Lipinski definition) is 7. The third-order valence-electron chi connectivity index (χ3n) is 2.27. The Kier molecular flexibility index (Phi) is 4.69. The van der Waals surface area contributed by atoms with Gasteiger partial charge in [-0.2, -0.15) is 4.98 Å². The van der Waals surface area contributed by atoms with Crippen molar-refractivity contribution in [3.8, 4) is 0 Å². The molecule has 0 radical (unpaired) electrons. The second-order valence-corrected chi connectivity index (χ2v) is 4.91. The number of nitrogen functional groups attached to an aromatic ring is 1. The fraction of sp³-hybridized carbons (Fsp3) is 0.500. The Morgan fingerprint density at radius 2 is 2.17 bits per heavy atom. The molecule has 0 spiro atoms. The number of oxime groups is 1. The molecule has 1 rings (SSSR count). The number of aliphatic hydroxyl groups excluding tert-OH is 1. The summed E-state index contributed by atoms with van der Waals surface area (Å²) in [4.78, 5) is 7.73. The van der Waals surface area contributed by atoms with Crippen LogP contribution in [0.5, 0.6) is 0 Å². The number of aliphatic hydroxyl groups is 1. The van der Waals surface area contributed by atoms with Gasteiger partial charge in [0.15, 0.2) is 0 Å². The predicted molar refractivity (Wildman–Crippen MR) is 70.2 cm³/mol. The topological polar surface area (TPSA) is 117 Å². The van der Waals surface area contributed by atoms with E-state index in [1.54, 1.807) is 0 Å². The van der Waals surface area contributed by atoms with Crippen LogP contribution in [-0.4, -0.2) is 39.6 Å². The smallest absolute Gasteiger partial charge is 0.223 e. The zero-order valence-electron chi connectivity index (χ0n) is 10.2. The van der Waals surface area contributed by atoms with Crippen LogP contribution in [0.4, 0.5) is 11.8 Å².